The average Bonchev–Trinajstić information content (AvgIpc) is 2.39. The monoisotopic (exact) mass is 237 g/mol. The van der Waals surface area contributed by atoms with Crippen molar-refractivity contribution in [3.05, 3.63) is 0 Å². The van der Waals surface area contributed by atoms with Crippen LogP contribution in [0.4, 0.5) is 0 Å². The van der Waals surface area contributed by atoms with Gasteiger partial charge in [0.1, 0.15) is 0 Å². The SMILES string of the molecule is CC1(C(=O)N2CCOC(C#N)C2)CCCNC1. The van der Waals surface area contributed by atoms with Crippen molar-refractivity contribution < 1.29 is 9.53 Å². The van der Waals surface area contributed by atoms with Gasteiger partial charge in [0.2, 0.25) is 5.91 Å². The number of amides is 1. The van der Waals surface area contributed by atoms with E-state index in [9.17, 15) is 4.79 Å². The van der Waals surface area contributed by atoms with Crippen molar-refractivity contribution in [1.82, 2.24) is 10.2 Å². The van der Waals surface area contributed by atoms with E-state index >= 15 is 0 Å². The quantitative estimate of drug-likeness (QED) is 0.704. The molecule has 2 unspecified atom stereocenters. The molecule has 0 bridgehead atoms. The molecule has 2 aliphatic rings. The molecule has 0 radical (unpaired) electrons. The van der Waals surface area contributed by atoms with E-state index in [2.05, 4.69) is 11.4 Å². The molecule has 2 atom stereocenters. The molecule has 0 saturated carbocycles. The topological polar surface area (TPSA) is 65.4 Å². The smallest absolute Gasteiger partial charge is 0.229 e. The van der Waals surface area contributed by atoms with Crippen LogP contribution in [0, 0.1) is 16.7 Å². The first-order chi connectivity index (χ1) is 8.15. The summed E-state index contributed by atoms with van der Waals surface area (Å²) in [6.45, 7) is 5.22. The van der Waals surface area contributed by atoms with Gasteiger partial charge in [-0.1, -0.05) is 0 Å². The minimum absolute atomic E-state index is 0.160. The van der Waals surface area contributed by atoms with Crippen LogP contribution in [-0.4, -0.2) is 49.7 Å². The predicted molar refractivity (Wildman–Crippen MR) is 62.1 cm³/mol. The van der Waals surface area contributed by atoms with E-state index in [-0.39, 0.29) is 11.3 Å². The molecular weight excluding hydrogens is 218 g/mol. The standard InChI is InChI=1S/C12H19N3O2/c1-12(3-2-4-14-9-12)11(16)15-5-6-17-10(7-13)8-15/h10,14H,2-6,8-9H2,1H3. The van der Waals surface area contributed by atoms with Crippen LogP contribution in [0.25, 0.3) is 0 Å². The summed E-state index contributed by atoms with van der Waals surface area (Å²) in [6.07, 6.45) is 1.50. The van der Waals surface area contributed by atoms with Crippen molar-refractivity contribution in [3.8, 4) is 6.07 Å². The Morgan fingerprint density at radius 2 is 2.47 bits per heavy atom. The molecule has 0 aromatic carbocycles. The van der Waals surface area contributed by atoms with E-state index in [0.29, 0.717) is 19.7 Å². The van der Waals surface area contributed by atoms with Gasteiger partial charge in [0, 0.05) is 13.1 Å². The van der Waals surface area contributed by atoms with Crippen LogP contribution < -0.4 is 5.32 Å². The molecule has 2 rings (SSSR count). The van der Waals surface area contributed by atoms with Gasteiger partial charge in [-0.05, 0) is 26.3 Å². The van der Waals surface area contributed by atoms with Gasteiger partial charge in [0.15, 0.2) is 6.10 Å². The third-order valence-corrected chi connectivity index (χ3v) is 3.61. The highest BCUT2D eigenvalue weighted by Crippen LogP contribution is 2.28. The summed E-state index contributed by atoms with van der Waals surface area (Å²) < 4.78 is 5.26. The van der Waals surface area contributed by atoms with E-state index in [1.54, 1.807) is 4.90 Å². The lowest BCUT2D eigenvalue weighted by Crippen LogP contribution is -2.54. The van der Waals surface area contributed by atoms with Crippen LogP contribution in [0.1, 0.15) is 19.8 Å². The number of hydrogen-bond donors (Lipinski definition) is 1. The summed E-state index contributed by atoms with van der Waals surface area (Å²) in [6, 6.07) is 2.07. The number of morpholine rings is 1. The summed E-state index contributed by atoms with van der Waals surface area (Å²) in [5, 5.41) is 12.1. The lowest BCUT2D eigenvalue weighted by molar-refractivity contribution is -0.148. The fraction of sp³-hybridized carbons (Fsp3) is 0.833. The molecule has 5 nitrogen and oxygen atoms in total. The van der Waals surface area contributed by atoms with Gasteiger partial charge >= 0.3 is 0 Å². The highest BCUT2D eigenvalue weighted by molar-refractivity contribution is 5.83. The lowest BCUT2D eigenvalue weighted by atomic mass is 9.81. The van der Waals surface area contributed by atoms with E-state index < -0.39 is 6.10 Å². The number of carbonyl (C=O) groups is 1. The molecule has 0 spiro atoms. The molecule has 2 aliphatic heterocycles. The molecule has 2 saturated heterocycles. The Morgan fingerprint density at radius 1 is 1.65 bits per heavy atom. The van der Waals surface area contributed by atoms with Crippen LogP contribution in [-0.2, 0) is 9.53 Å². The molecule has 2 fully saturated rings. The first-order valence-corrected chi connectivity index (χ1v) is 6.17. The van der Waals surface area contributed by atoms with Crippen LogP contribution in [0.15, 0.2) is 0 Å². The van der Waals surface area contributed by atoms with Crippen molar-refractivity contribution in [2.75, 3.05) is 32.8 Å². The summed E-state index contributed by atoms with van der Waals surface area (Å²) in [7, 11) is 0. The third kappa shape index (κ3) is 2.59. The molecule has 94 valence electrons. The fourth-order valence-corrected chi connectivity index (χ4v) is 2.53. The minimum Gasteiger partial charge on any atom is -0.360 e. The first-order valence-electron chi connectivity index (χ1n) is 6.17. The van der Waals surface area contributed by atoms with Crippen molar-refractivity contribution in [2.45, 2.75) is 25.9 Å². The van der Waals surface area contributed by atoms with E-state index in [1.165, 1.54) is 0 Å². The average molecular weight is 237 g/mol. The van der Waals surface area contributed by atoms with Crippen molar-refractivity contribution in [2.24, 2.45) is 5.41 Å². The Hall–Kier alpha value is -1.12. The van der Waals surface area contributed by atoms with Crippen molar-refractivity contribution >= 4 is 5.91 Å². The maximum absolute atomic E-state index is 12.5. The second-order valence-corrected chi connectivity index (χ2v) is 5.08. The molecule has 17 heavy (non-hydrogen) atoms. The van der Waals surface area contributed by atoms with Gasteiger partial charge < -0.3 is 15.0 Å². The van der Waals surface area contributed by atoms with Gasteiger partial charge in [0.25, 0.3) is 0 Å². The van der Waals surface area contributed by atoms with Gasteiger partial charge in [-0.25, -0.2) is 0 Å². The summed E-state index contributed by atoms with van der Waals surface area (Å²) in [5.41, 5.74) is -0.310. The fourth-order valence-electron chi connectivity index (χ4n) is 2.53. The molecule has 1 amide bonds. The molecule has 0 aliphatic carbocycles. The summed E-state index contributed by atoms with van der Waals surface area (Å²) >= 11 is 0. The molecular formula is C12H19N3O2. The van der Waals surface area contributed by atoms with Crippen LogP contribution >= 0.6 is 0 Å². The minimum atomic E-state index is -0.465. The molecule has 2 heterocycles. The van der Waals surface area contributed by atoms with Gasteiger partial charge in [-0.15, -0.1) is 0 Å². The largest absolute Gasteiger partial charge is 0.360 e. The predicted octanol–water partition coefficient (Wildman–Crippen LogP) is 0.127. The van der Waals surface area contributed by atoms with E-state index in [1.807, 2.05) is 6.92 Å². The number of nitriles is 1. The molecule has 0 aromatic heterocycles. The number of ether oxygens (including phenoxy) is 1. The molecule has 0 aromatic rings. The maximum Gasteiger partial charge on any atom is 0.229 e. The van der Waals surface area contributed by atoms with E-state index in [4.69, 9.17) is 10.00 Å². The van der Waals surface area contributed by atoms with Crippen molar-refractivity contribution in [1.29, 1.82) is 5.26 Å². The zero-order chi connectivity index (χ0) is 12.3. The Morgan fingerprint density at radius 3 is 3.12 bits per heavy atom. The van der Waals surface area contributed by atoms with E-state index in [0.717, 1.165) is 25.9 Å². The Labute approximate surface area is 102 Å². The number of piperidine rings is 1. The van der Waals surface area contributed by atoms with Gasteiger partial charge in [0.05, 0.1) is 24.6 Å². The zero-order valence-corrected chi connectivity index (χ0v) is 10.2. The highest BCUT2D eigenvalue weighted by atomic mass is 16.5. The van der Waals surface area contributed by atoms with Gasteiger partial charge in [-0.3, -0.25) is 4.79 Å². The summed E-state index contributed by atoms with van der Waals surface area (Å²) in [4.78, 5) is 14.2. The Bertz CT molecular complexity index is 331. The van der Waals surface area contributed by atoms with Crippen LogP contribution in [0.3, 0.4) is 0 Å². The second kappa shape index (κ2) is 5.03. The maximum atomic E-state index is 12.5. The number of nitrogens with one attached hydrogen (secondary N) is 1. The van der Waals surface area contributed by atoms with Crippen LogP contribution in [0.2, 0.25) is 0 Å². The number of hydrogen-bond acceptors (Lipinski definition) is 4. The van der Waals surface area contributed by atoms with Gasteiger partial charge in [-0.2, -0.15) is 5.26 Å². The highest BCUT2D eigenvalue weighted by Gasteiger charge is 2.39. The normalized spacial score (nSPS) is 34.1. The van der Waals surface area contributed by atoms with Crippen molar-refractivity contribution in [3.63, 3.8) is 0 Å². The number of rotatable bonds is 1. The molecule has 5 heteroatoms. The zero-order valence-electron chi connectivity index (χ0n) is 10.2. The third-order valence-electron chi connectivity index (χ3n) is 3.61. The summed E-state index contributed by atoms with van der Waals surface area (Å²) in [5.74, 6) is 0.160. The number of nitrogens with zero attached hydrogens (tertiary/aromatic N) is 2. The number of carbonyl (C=O) groups excluding carboxylic acids is 1. The lowest BCUT2D eigenvalue weighted by Gasteiger charge is -2.39. The Kier molecular flexibility index (Phi) is 3.65. The second-order valence-electron chi connectivity index (χ2n) is 5.08. The van der Waals surface area contributed by atoms with Crippen LogP contribution in [0.5, 0.6) is 0 Å². The molecule has 1 N–H and O–H groups in total. The first kappa shape index (κ1) is 12.3. The Balaban J connectivity index is 2.01.